The second-order valence-corrected chi connectivity index (χ2v) is 6.76. The van der Waals surface area contributed by atoms with Crippen LogP contribution in [0.25, 0.3) is 22.3 Å². The van der Waals surface area contributed by atoms with Crippen molar-refractivity contribution in [2.45, 2.75) is 20.8 Å². The van der Waals surface area contributed by atoms with Gasteiger partial charge < -0.3 is 31.4 Å². The Morgan fingerprint density at radius 1 is 0.533 bits per heavy atom. The molecular weight excluding hydrogens is 378 g/mol. The average molecular weight is 408 g/mol. The summed E-state index contributed by atoms with van der Waals surface area (Å²) < 4.78 is 17.8. The van der Waals surface area contributed by atoms with E-state index >= 15 is 0 Å². The first kappa shape index (κ1) is 21.2. The second-order valence-electron chi connectivity index (χ2n) is 6.76. The minimum Gasteiger partial charge on any atom is -0.493 e. The van der Waals surface area contributed by atoms with E-state index < -0.39 is 0 Å². The van der Waals surface area contributed by atoms with Gasteiger partial charge in [0.25, 0.3) is 0 Å². The number of hydrogen-bond donors (Lipinski definition) is 3. The van der Waals surface area contributed by atoms with Gasteiger partial charge in [-0.3, -0.25) is 0 Å². The predicted molar refractivity (Wildman–Crippen MR) is 124 cm³/mol. The molecule has 3 rings (SSSR count). The van der Waals surface area contributed by atoms with Crippen LogP contribution in [0.4, 0.5) is 17.1 Å². The molecule has 3 aromatic rings. The number of anilines is 3. The van der Waals surface area contributed by atoms with Gasteiger partial charge in [0.15, 0.2) is 0 Å². The summed E-state index contributed by atoms with van der Waals surface area (Å²) in [5.41, 5.74) is 23.6. The van der Waals surface area contributed by atoms with E-state index in [0.717, 1.165) is 22.3 Å². The minimum absolute atomic E-state index is 0.475. The van der Waals surface area contributed by atoms with Crippen molar-refractivity contribution < 1.29 is 14.2 Å². The highest BCUT2D eigenvalue weighted by Gasteiger charge is 2.20. The molecule has 0 saturated carbocycles. The maximum absolute atomic E-state index is 6.32. The van der Waals surface area contributed by atoms with Crippen molar-refractivity contribution in [2.75, 3.05) is 37.0 Å². The Hall–Kier alpha value is -3.54. The molecule has 0 aliphatic heterocycles. The Labute approximate surface area is 177 Å². The van der Waals surface area contributed by atoms with Crippen LogP contribution in [-0.2, 0) is 0 Å². The van der Waals surface area contributed by atoms with Crippen LogP contribution in [0.1, 0.15) is 20.8 Å². The zero-order valence-corrected chi connectivity index (χ0v) is 17.7. The van der Waals surface area contributed by atoms with E-state index in [-0.39, 0.29) is 0 Å². The summed E-state index contributed by atoms with van der Waals surface area (Å²) in [5, 5.41) is 0. The lowest BCUT2D eigenvalue weighted by atomic mass is 9.94. The highest BCUT2D eigenvalue weighted by molar-refractivity contribution is 5.90. The molecule has 0 amide bonds. The Bertz CT molecular complexity index is 958. The Morgan fingerprint density at radius 2 is 0.933 bits per heavy atom. The molecule has 6 N–H and O–H groups in total. The molecule has 6 nitrogen and oxygen atoms in total. The zero-order valence-electron chi connectivity index (χ0n) is 17.7. The lowest BCUT2D eigenvalue weighted by molar-refractivity contribution is 0.335. The van der Waals surface area contributed by atoms with Crippen LogP contribution in [0.15, 0.2) is 48.5 Å². The van der Waals surface area contributed by atoms with Crippen molar-refractivity contribution in [3.8, 4) is 39.5 Å². The van der Waals surface area contributed by atoms with Crippen molar-refractivity contribution >= 4 is 17.1 Å². The van der Waals surface area contributed by atoms with E-state index in [1.807, 2.05) is 69.3 Å². The molecule has 0 aliphatic rings. The van der Waals surface area contributed by atoms with Gasteiger partial charge in [0, 0.05) is 39.3 Å². The molecule has 6 heteroatoms. The van der Waals surface area contributed by atoms with Gasteiger partial charge in [-0.2, -0.15) is 0 Å². The van der Waals surface area contributed by atoms with Crippen molar-refractivity contribution in [1.82, 2.24) is 0 Å². The number of hydrogen-bond acceptors (Lipinski definition) is 6. The quantitative estimate of drug-likeness (QED) is 0.456. The molecule has 0 heterocycles. The van der Waals surface area contributed by atoms with Crippen LogP contribution in [0.3, 0.4) is 0 Å². The summed E-state index contributed by atoms with van der Waals surface area (Å²) in [5.74, 6) is 2.09. The SMILES string of the molecule is CCOc1ccc(N)cc1-c1cc(N)cc(-c2cc(N)ccc2OCC)c1OCC. The lowest BCUT2D eigenvalue weighted by Gasteiger charge is -2.20. The Balaban J connectivity index is 2.33. The summed E-state index contributed by atoms with van der Waals surface area (Å²) >= 11 is 0. The van der Waals surface area contributed by atoms with Gasteiger partial charge in [-0.1, -0.05) is 0 Å². The predicted octanol–water partition coefficient (Wildman–Crippen LogP) is 4.96. The number of benzene rings is 3. The van der Waals surface area contributed by atoms with Crippen molar-refractivity contribution in [1.29, 1.82) is 0 Å². The average Bonchev–Trinajstić information content (AvgIpc) is 2.72. The largest absolute Gasteiger partial charge is 0.493 e. The molecule has 0 aliphatic carbocycles. The fourth-order valence-corrected chi connectivity index (χ4v) is 3.43. The van der Waals surface area contributed by atoms with Crippen molar-refractivity contribution in [3.63, 3.8) is 0 Å². The highest BCUT2D eigenvalue weighted by Crippen LogP contribution is 2.47. The third-order valence-corrected chi connectivity index (χ3v) is 4.59. The van der Waals surface area contributed by atoms with Crippen LogP contribution in [-0.4, -0.2) is 19.8 Å². The molecule has 0 bridgehead atoms. The van der Waals surface area contributed by atoms with Gasteiger partial charge in [-0.25, -0.2) is 0 Å². The van der Waals surface area contributed by atoms with Crippen LogP contribution in [0, 0.1) is 0 Å². The van der Waals surface area contributed by atoms with E-state index in [2.05, 4.69) is 0 Å². The fraction of sp³-hybridized carbons (Fsp3) is 0.250. The van der Waals surface area contributed by atoms with E-state index in [0.29, 0.717) is 54.1 Å². The second kappa shape index (κ2) is 9.31. The zero-order chi connectivity index (χ0) is 21.7. The molecule has 0 fully saturated rings. The van der Waals surface area contributed by atoms with Crippen LogP contribution in [0.2, 0.25) is 0 Å². The molecule has 0 atom stereocenters. The first-order valence-electron chi connectivity index (χ1n) is 10.1. The molecule has 0 saturated heterocycles. The van der Waals surface area contributed by atoms with Gasteiger partial charge in [0.2, 0.25) is 0 Å². The summed E-state index contributed by atoms with van der Waals surface area (Å²) in [7, 11) is 0. The van der Waals surface area contributed by atoms with Gasteiger partial charge in [-0.05, 0) is 69.3 Å². The Kier molecular flexibility index (Phi) is 6.57. The van der Waals surface area contributed by atoms with E-state index in [9.17, 15) is 0 Å². The monoisotopic (exact) mass is 407 g/mol. The topological polar surface area (TPSA) is 106 Å². The molecule has 30 heavy (non-hydrogen) atoms. The van der Waals surface area contributed by atoms with E-state index in [1.165, 1.54) is 0 Å². The number of nitrogens with two attached hydrogens (primary N) is 3. The van der Waals surface area contributed by atoms with Crippen LogP contribution < -0.4 is 31.4 Å². The summed E-state index contributed by atoms with van der Waals surface area (Å²) in [4.78, 5) is 0. The fourth-order valence-electron chi connectivity index (χ4n) is 3.43. The number of nitrogen functional groups attached to an aromatic ring is 3. The Morgan fingerprint density at radius 3 is 1.33 bits per heavy atom. The van der Waals surface area contributed by atoms with E-state index in [4.69, 9.17) is 31.4 Å². The number of ether oxygens (including phenoxy) is 3. The summed E-state index contributed by atoms with van der Waals surface area (Å²) in [6.45, 7) is 7.35. The normalized spacial score (nSPS) is 10.6. The first-order chi connectivity index (χ1) is 14.5. The van der Waals surface area contributed by atoms with Gasteiger partial charge in [0.05, 0.1) is 19.8 Å². The molecular formula is C24H29N3O3. The van der Waals surface area contributed by atoms with Gasteiger partial charge >= 0.3 is 0 Å². The molecule has 158 valence electrons. The number of rotatable bonds is 8. The lowest BCUT2D eigenvalue weighted by Crippen LogP contribution is -2.03. The smallest absolute Gasteiger partial charge is 0.135 e. The van der Waals surface area contributed by atoms with Crippen LogP contribution >= 0.6 is 0 Å². The van der Waals surface area contributed by atoms with E-state index in [1.54, 1.807) is 0 Å². The molecule has 0 aromatic heterocycles. The molecule has 0 radical (unpaired) electrons. The first-order valence-corrected chi connectivity index (χ1v) is 10.1. The third kappa shape index (κ3) is 4.38. The molecule has 3 aromatic carbocycles. The minimum atomic E-state index is 0.475. The van der Waals surface area contributed by atoms with Crippen molar-refractivity contribution in [2.24, 2.45) is 0 Å². The maximum atomic E-state index is 6.32. The molecule has 0 unspecified atom stereocenters. The standard InChI is InChI=1S/C24H29N3O3/c1-4-28-22-9-7-15(25)11-18(22)20-13-17(27)14-21(24(20)30-6-3)19-12-16(26)8-10-23(19)29-5-2/h7-14H,4-6,25-27H2,1-3H3. The highest BCUT2D eigenvalue weighted by atomic mass is 16.5. The van der Waals surface area contributed by atoms with Gasteiger partial charge in [0.1, 0.15) is 17.2 Å². The summed E-state index contributed by atoms with van der Waals surface area (Å²) in [6, 6.07) is 14.8. The summed E-state index contributed by atoms with van der Waals surface area (Å²) in [6.07, 6.45) is 0. The third-order valence-electron chi connectivity index (χ3n) is 4.59. The van der Waals surface area contributed by atoms with Gasteiger partial charge in [-0.15, -0.1) is 0 Å². The maximum Gasteiger partial charge on any atom is 0.135 e. The van der Waals surface area contributed by atoms with Crippen molar-refractivity contribution in [3.05, 3.63) is 48.5 Å². The van der Waals surface area contributed by atoms with Crippen LogP contribution in [0.5, 0.6) is 17.2 Å². The molecule has 0 spiro atoms.